The molecule has 1 heterocycles. The standard InChI is InChI=1S/C16H19NO3/c1-10-6-4-5-7-14(10)11(2)17-9-13-8-15(16(18)19)20-12(13)3/h4-8,11,17H,9H2,1-3H3,(H,18,19)/t11-/m0/s1. The third-order valence-electron chi connectivity index (χ3n) is 3.49. The van der Waals surface area contributed by atoms with E-state index in [-0.39, 0.29) is 11.8 Å². The van der Waals surface area contributed by atoms with Crippen LogP contribution in [0.2, 0.25) is 0 Å². The summed E-state index contributed by atoms with van der Waals surface area (Å²) in [6.45, 7) is 6.54. The number of carboxylic acids is 1. The van der Waals surface area contributed by atoms with E-state index in [1.54, 1.807) is 13.0 Å². The van der Waals surface area contributed by atoms with Crippen LogP contribution in [-0.4, -0.2) is 11.1 Å². The summed E-state index contributed by atoms with van der Waals surface area (Å²) < 4.78 is 5.20. The van der Waals surface area contributed by atoms with Gasteiger partial charge in [0.05, 0.1) is 0 Å². The zero-order chi connectivity index (χ0) is 14.7. The Balaban J connectivity index is 2.05. The molecule has 4 nitrogen and oxygen atoms in total. The van der Waals surface area contributed by atoms with Crippen LogP contribution in [0.25, 0.3) is 0 Å². The molecule has 2 aromatic rings. The first-order valence-corrected chi connectivity index (χ1v) is 6.60. The molecule has 4 heteroatoms. The topological polar surface area (TPSA) is 62.5 Å². The molecule has 0 bridgehead atoms. The van der Waals surface area contributed by atoms with Crippen LogP contribution in [0.15, 0.2) is 34.7 Å². The highest BCUT2D eigenvalue weighted by Gasteiger charge is 2.14. The van der Waals surface area contributed by atoms with E-state index in [1.807, 2.05) is 12.1 Å². The lowest BCUT2D eigenvalue weighted by atomic mass is 10.0. The van der Waals surface area contributed by atoms with Crippen molar-refractivity contribution in [3.63, 3.8) is 0 Å². The molecule has 0 aliphatic carbocycles. The molecule has 0 aliphatic heterocycles. The fourth-order valence-corrected chi connectivity index (χ4v) is 2.25. The Kier molecular flexibility index (Phi) is 4.25. The molecule has 1 atom stereocenters. The zero-order valence-electron chi connectivity index (χ0n) is 11.9. The molecule has 2 N–H and O–H groups in total. The van der Waals surface area contributed by atoms with Crippen molar-refractivity contribution in [1.82, 2.24) is 5.32 Å². The molecule has 1 aromatic heterocycles. The van der Waals surface area contributed by atoms with Gasteiger partial charge in [0.25, 0.3) is 0 Å². The van der Waals surface area contributed by atoms with Crippen molar-refractivity contribution in [1.29, 1.82) is 0 Å². The van der Waals surface area contributed by atoms with Gasteiger partial charge in [-0.15, -0.1) is 0 Å². The molecule has 106 valence electrons. The number of aryl methyl sites for hydroxylation is 2. The summed E-state index contributed by atoms with van der Waals surface area (Å²) in [4.78, 5) is 10.9. The maximum Gasteiger partial charge on any atom is 0.371 e. The van der Waals surface area contributed by atoms with E-state index >= 15 is 0 Å². The Morgan fingerprint density at radius 3 is 2.65 bits per heavy atom. The zero-order valence-corrected chi connectivity index (χ0v) is 11.9. The minimum atomic E-state index is -1.04. The largest absolute Gasteiger partial charge is 0.475 e. The van der Waals surface area contributed by atoms with Gasteiger partial charge in [0.15, 0.2) is 0 Å². The third-order valence-corrected chi connectivity index (χ3v) is 3.49. The summed E-state index contributed by atoms with van der Waals surface area (Å²) in [5, 5.41) is 12.3. The van der Waals surface area contributed by atoms with E-state index < -0.39 is 5.97 Å². The SMILES string of the molecule is Cc1ccccc1[C@H](C)NCc1cc(C(=O)O)oc1C. The van der Waals surface area contributed by atoms with Crippen LogP contribution in [0.1, 0.15) is 46.0 Å². The van der Waals surface area contributed by atoms with Crippen LogP contribution < -0.4 is 5.32 Å². The van der Waals surface area contributed by atoms with Crippen molar-refractivity contribution in [2.24, 2.45) is 0 Å². The lowest BCUT2D eigenvalue weighted by Crippen LogP contribution is -2.19. The van der Waals surface area contributed by atoms with Gasteiger partial charge < -0.3 is 14.8 Å². The molecule has 0 unspecified atom stereocenters. The van der Waals surface area contributed by atoms with E-state index in [2.05, 4.69) is 31.3 Å². The Labute approximate surface area is 118 Å². The van der Waals surface area contributed by atoms with Crippen molar-refractivity contribution in [2.45, 2.75) is 33.4 Å². The van der Waals surface area contributed by atoms with Crippen molar-refractivity contribution in [3.05, 3.63) is 58.5 Å². The van der Waals surface area contributed by atoms with Gasteiger partial charge in [-0.3, -0.25) is 0 Å². The maximum absolute atomic E-state index is 10.9. The predicted molar refractivity (Wildman–Crippen MR) is 76.8 cm³/mol. The van der Waals surface area contributed by atoms with Gasteiger partial charge in [-0.05, 0) is 38.0 Å². The van der Waals surface area contributed by atoms with Crippen molar-refractivity contribution in [3.8, 4) is 0 Å². The van der Waals surface area contributed by atoms with E-state index in [1.165, 1.54) is 11.1 Å². The highest BCUT2D eigenvalue weighted by atomic mass is 16.4. The first kappa shape index (κ1) is 14.3. The van der Waals surface area contributed by atoms with Gasteiger partial charge in [0.2, 0.25) is 5.76 Å². The number of nitrogens with one attached hydrogen (secondary N) is 1. The average Bonchev–Trinajstić information content (AvgIpc) is 2.78. The fourth-order valence-electron chi connectivity index (χ4n) is 2.25. The van der Waals surface area contributed by atoms with Crippen LogP contribution in [0, 0.1) is 13.8 Å². The minimum absolute atomic E-state index is 0.0113. The summed E-state index contributed by atoms with van der Waals surface area (Å²) in [6.07, 6.45) is 0. The van der Waals surface area contributed by atoms with Crippen LogP contribution >= 0.6 is 0 Å². The van der Waals surface area contributed by atoms with Crippen molar-refractivity contribution in [2.75, 3.05) is 0 Å². The lowest BCUT2D eigenvalue weighted by molar-refractivity contribution is 0.0661. The van der Waals surface area contributed by atoms with Gasteiger partial charge in [-0.2, -0.15) is 0 Å². The molecular formula is C16H19NO3. The fraction of sp³-hybridized carbons (Fsp3) is 0.312. The molecule has 1 aromatic carbocycles. The summed E-state index contributed by atoms with van der Waals surface area (Å²) in [6, 6.07) is 9.99. The second-order valence-electron chi connectivity index (χ2n) is 4.96. The number of benzene rings is 1. The molecule has 2 rings (SSSR count). The van der Waals surface area contributed by atoms with Crippen molar-refractivity contribution < 1.29 is 14.3 Å². The summed E-state index contributed by atoms with van der Waals surface area (Å²) in [7, 11) is 0. The van der Waals surface area contributed by atoms with E-state index in [4.69, 9.17) is 9.52 Å². The molecule has 0 saturated heterocycles. The first-order valence-electron chi connectivity index (χ1n) is 6.60. The smallest absolute Gasteiger partial charge is 0.371 e. The third kappa shape index (κ3) is 3.08. The molecular weight excluding hydrogens is 254 g/mol. The first-order chi connectivity index (χ1) is 9.49. The van der Waals surface area contributed by atoms with Gasteiger partial charge >= 0.3 is 5.97 Å². The van der Waals surface area contributed by atoms with Crippen LogP contribution in [0.4, 0.5) is 0 Å². The molecule has 0 spiro atoms. The Morgan fingerprint density at radius 2 is 2.05 bits per heavy atom. The van der Waals surface area contributed by atoms with Gasteiger partial charge in [-0.1, -0.05) is 24.3 Å². The molecule has 0 fully saturated rings. The summed E-state index contributed by atoms with van der Waals surface area (Å²) >= 11 is 0. The monoisotopic (exact) mass is 273 g/mol. The highest BCUT2D eigenvalue weighted by molar-refractivity contribution is 5.84. The van der Waals surface area contributed by atoms with E-state index in [9.17, 15) is 4.79 Å². The van der Waals surface area contributed by atoms with Crippen LogP contribution in [0.5, 0.6) is 0 Å². The second-order valence-corrected chi connectivity index (χ2v) is 4.96. The quantitative estimate of drug-likeness (QED) is 0.876. The van der Waals surface area contributed by atoms with Crippen LogP contribution in [-0.2, 0) is 6.54 Å². The Hall–Kier alpha value is -2.07. The van der Waals surface area contributed by atoms with E-state index in [0.717, 1.165) is 5.56 Å². The molecule has 0 aliphatic rings. The van der Waals surface area contributed by atoms with E-state index in [0.29, 0.717) is 12.3 Å². The summed E-state index contributed by atoms with van der Waals surface area (Å²) in [5.41, 5.74) is 3.36. The van der Waals surface area contributed by atoms with Gasteiger partial charge in [0, 0.05) is 18.2 Å². The van der Waals surface area contributed by atoms with Gasteiger partial charge in [0.1, 0.15) is 5.76 Å². The Morgan fingerprint density at radius 1 is 1.35 bits per heavy atom. The highest BCUT2D eigenvalue weighted by Crippen LogP contribution is 2.19. The van der Waals surface area contributed by atoms with Crippen molar-refractivity contribution >= 4 is 5.97 Å². The number of aromatic carboxylic acids is 1. The van der Waals surface area contributed by atoms with Gasteiger partial charge in [-0.25, -0.2) is 4.79 Å². The number of carboxylic acid groups (broad SMARTS) is 1. The normalized spacial score (nSPS) is 12.3. The number of furan rings is 1. The minimum Gasteiger partial charge on any atom is -0.475 e. The number of hydrogen-bond donors (Lipinski definition) is 2. The second kappa shape index (κ2) is 5.92. The molecule has 20 heavy (non-hydrogen) atoms. The molecule has 0 amide bonds. The predicted octanol–water partition coefficient (Wildman–Crippen LogP) is 3.45. The molecule has 0 radical (unpaired) electrons. The molecule has 0 saturated carbocycles. The summed E-state index contributed by atoms with van der Waals surface area (Å²) in [5.74, 6) is -0.402. The van der Waals surface area contributed by atoms with Crippen LogP contribution in [0.3, 0.4) is 0 Å². The number of carbonyl (C=O) groups is 1. The maximum atomic E-state index is 10.9. The average molecular weight is 273 g/mol. The number of hydrogen-bond acceptors (Lipinski definition) is 3. The Bertz CT molecular complexity index is 616. The number of rotatable bonds is 5. The lowest BCUT2D eigenvalue weighted by Gasteiger charge is -2.16.